The second-order valence-electron chi connectivity index (χ2n) is 7.32. The molecule has 0 aliphatic heterocycles. The SMILES string of the molecule is CCCN([C@H]1CCc2c(cccc2OC)C1)[C@H](C)c1ccc(C)cc1. The number of hydrogen-bond donors (Lipinski definition) is 0. The van der Waals surface area contributed by atoms with Crippen molar-refractivity contribution in [3.8, 4) is 5.75 Å². The minimum atomic E-state index is 0.456. The lowest BCUT2D eigenvalue weighted by atomic mass is 9.85. The highest BCUT2D eigenvalue weighted by Crippen LogP contribution is 2.34. The second-order valence-corrected chi connectivity index (χ2v) is 7.32. The quantitative estimate of drug-likeness (QED) is 0.706. The fourth-order valence-electron chi connectivity index (χ4n) is 4.21. The predicted octanol–water partition coefficient (Wildman–Crippen LogP) is 5.33. The zero-order chi connectivity index (χ0) is 17.8. The van der Waals surface area contributed by atoms with Gasteiger partial charge in [-0.15, -0.1) is 0 Å². The van der Waals surface area contributed by atoms with Crippen LogP contribution in [0.1, 0.15) is 55.0 Å². The lowest BCUT2D eigenvalue weighted by Gasteiger charge is -2.39. The summed E-state index contributed by atoms with van der Waals surface area (Å²) in [7, 11) is 1.78. The van der Waals surface area contributed by atoms with Crippen molar-refractivity contribution in [1.82, 2.24) is 4.90 Å². The molecule has 2 aromatic carbocycles. The molecule has 0 aromatic heterocycles. The van der Waals surface area contributed by atoms with Crippen molar-refractivity contribution in [1.29, 1.82) is 0 Å². The summed E-state index contributed by atoms with van der Waals surface area (Å²) in [6, 6.07) is 16.6. The van der Waals surface area contributed by atoms with Crippen LogP contribution in [0.2, 0.25) is 0 Å². The van der Waals surface area contributed by atoms with Gasteiger partial charge in [0.1, 0.15) is 5.75 Å². The Bertz CT molecular complexity index is 692. The monoisotopic (exact) mass is 337 g/mol. The van der Waals surface area contributed by atoms with Crippen molar-refractivity contribution in [3.63, 3.8) is 0 Å². The Morgan fingerprint density at radius 3 is 2.60 bits per heavy atom. The Morgan fingerprint density at radius 2 is 1.92 bits per heavy atom. The van der Waals surface area contributed by atoms with Crippen molar-refractivity contribution in [2.45, 2.75) is 58.5 Å². The van der Waals surface area contributed by atoms with Gasteiger partial charge in [0.15, 0.2) is 0 Å². The van der Waals surface area contributed by atoms with Gasteiger partial charge in [0, 0.05) is 12.1 Å². The average molecular weight is 338 g/mol. The summed E-state index contributed by atoms with van der Waals surface area (Å²) in [6.45, 7) is 7.96. The highest BCUT2D eigenvalue weighted by atomic mass is 16.5. The van der Waals surface area contributed by atoms with E-state index in [0.29, 0.717) is 12.1 Å². The van der Waals surface area contributed by atoms with E-state index in [1.54, 1.807) is 7.11 Å². The number of fused-ring (bicyclic) bond motifs is 1. The Labute approximate surface area is 152 Å². The van der Waals surface area contributed by atoms with Gasteiger partial charge in [-0.2, -0.15) is 0 Å². The lowest BCUT2D eigenvalue weighted by molar-refractivity contribution is 0.130. The highest BCUT2D eigenvalue weighted by molar-refractivity contribution is 5.42. The van der Waals surface area contributed by atoms with Crippen molar-refractivity contribution >= 4 is 0 Å². The molecular formula is C23H31NO. The zero-order valence-corrected chi connectivity index (χ0v) is 16.1. The molecule has 0 amide bonds. The molecule has 0 radical (unpaired) electrons. The summed E-state index contributed by atoms with van der Waals surface area (Å²) in [5, 5.41) is 0. The van der Waals surface area contributed by atoms with Crippen LogP contribution < -0.4 is 4.74 Å². The van der Waals surface area contributed by atoms with Crippen LogP contribution >= 0.6 is 0 Å². The van der Waals surface area contributed by atoms with Gasteiger partial charge in [0.25, 0.3) is 0 Å². The van der Waals surface area contributed by atoms with Crippen LogP contribution in [-0.2, 0) is 12.8 Å². The van der Waals surface area contributed by atoms with E-state index in [4.69, 9.17) is 4.74 Å². The molecule has 0 heterocycles. The van der Waals surface area contributed by atoms with E-state index in [-0.39, 0.29) is 0 Å². The number of aryl methyl sites for hydroxylation is 1. The van der Waals surface area contributed by atoms with Gasteiger partial charge in [-0.25, -0.2) is 0 Å². The summed E-state index contributed by atoms with van der Waals surface area (Å²) in [4.78, 5) is 2.72. The molecule has 0 saturated heterocycles. The minimum Gasteiger partial charge on any atom is -0.496 e. The third-order valence-electron chi connectivity index (χ3n) is 5.64. The first-order valence-electron chi connectivity index (χ1n) is 9.61. The van der Waals surface area contributed by atoms with Crippen LogP contribution in [0.25, 0.3) is 0 Å². The average Bonchev–Trinajstić information content (AvgIpc) is 2.65. The van der Waals surface area contributed by atoms with Crippen LogP contribution in [0.4, 0.5) is 0 Å². The van der Waals surface area contributed by atoms with Crippen LogP contribution in [-0.4, -0.2) is 24.6 Å². The molecule has 134 valence electrons. The summed E-state index contributed by atoms with van der Waals surface area (Å²) in [6.07, 6.45) is 4.65. The molecule has 2 nitrogen and oxygen atoms in total. The number of rotatable bonds is 6. The maximum atomic E-state index is 5.57. The molecule has 3 rings (SSSR count). The van der Waals surface area contributed by atoms with Gasteiger partial charge in [-0.1, -0.05) is 48.9 Å². The van der Waals surface area contributed by atoms with Crippen molar-refractivity contribution in [2.24, 2.45) is 0 Å². The number of ether oxygens (including phenoxy) is 1. The van der Waals surface area contributed by atoms with Gasteiger partial charge in [-0.3, -0.25) is 4.90 Å². The fraction of sp³-hybridized carbons (Fsp3) is 0.478. The van der Waals surface area contributed by atoms with Gasteiger partial charge in [-0.05, 0) is 68.8 Å². The van der Waals surface area contributed by atoms with Crippen molar-refractivity contribution in [2.75, 3.05) is 13.7 Å². The third kappa shape index (κ3) is 3.90. The fourth-order valence-corrected chi connectivity index (χ4v) is 4.21. The van der Waals surface area contributed by atoms with Crippen LogP contribution in [0.15, 0.2) is 42.5 Å². The molecule has 0 unspecified atom stereocenters. The normalized spacial score (nSPS) is 18.0. The molecule has 0 bridgehead atoms. The van der Waals surface area contributed by atoms with Gasteiger partial charge in [0.2, 0.25) is 0 Å². The molecule has 1 aliphatic rings. The molecule has 0 N–H and O–H groups in total. The Hall–Kier alpha value is -1.80. The van der Waals surface area contributed by atoms with E-state index >= 15 is 0 Å². The summed E-state index contributed by atoms with van der Waals surface area (Å²) < 4.78 is 5.57. The molecule has 2 atom stereocenters. The maximum Gasteiger partial charge on any atom is 0.122 e. The predicted molar refractivity (Wildman–Crippen MR) is 105 cm³/mol. The largest absolute Gasteiger partial charge is 0.496 e. The number of methoxy groups -OCH3 is 1. The molecule has 0 saturated carbocycles. The number of benzene rings is 2. The molecule has 0 spiro atoms. The van der Waals surface area contributed by atoms with Gasteiger partial charge >= 0.3 is 0 Å². The Balaban J connectivity index is 1.82. The highest BCUT2D eigenvalue weighted by Gasteiger charge is 2.28. The van der Waals surface area contributed by atoms with E-state index in [1.807, 2.05) is 0 Å². The second kappa shape index (κ2) is 8.05. The maximum absolute atomic E-state index is 5.57. The van der Waals surface area contributed by atoms with Crippen molar-refractivity contribution < 1.29 is 4.74 Å². The Kier molecular flexibility index (Phi) is 5.80. The summed E-state index contributed by atoms with van der Waals surface area (Å²) in [5.74, 6) is 1.06. The number of hydrogen-bond acceptors (Lipinski definition) is 2. The van der Waals surface area contributed by atoms with E-state index in [2.05, 4.69) is 68.1 Å². The molecule has 25 heavy (non-hydrogen) atoms. The molecule has 0 fully saturated rings. The molecular weight excluding hydrogens is 306 g/mol. The Morgan fingerprint density at radius 1 is 1.16 bits per heavy atom. The van der Waals surface area contributed by atoms with E-state index in [1.165, 1.54) is 35.1 Å². The molecule has 2 aromatic rings. The van der Waals surface area contributed by atoms with Crippen LogP contribution in [0.3, 0.4) is 0 Å². The topological polar surface area (TPSA) is 12.5 Å². The smallest absolute Gasteiger partial charge is 0.122 e. The van der Waals surface area contributed by atoms with E-state index in [9.17, 15) is 0 Å². The lowest BCUT2D eigenvalue weighted by Crippen LogP contribution is -2.41. The van der Waals surface area contributed by atoms with E-state index < -0.39 is 0 Å². The molecule has 1 aliphatic carbocycles. The third-order valence-corrected chi connectivity index (χ3v) is 5.64. The van der Waals surface area contributed by atoms with Crippen LogP contribution in [0, 0.1) is 6.92 Å². The standard InChI is InChI=1S/C23H31NO/c1-5-15-24(18(3)19-11-9-17(2)10-12-19)21-13-14-22-20(16-21)7-6-8-23(22)25-4/h6-12,18,21H,5,13-16H2,1-4H3/t18-,21+/m1/s1. The zero-order valence-electron chi connectivity index (χ0n) is 16.1. The van der Waals surface area contributed by atoms with Gasteiger partial charge < -0.3 is 4.74 Å². The summed E-state index contributed by atoms with van der Waals surface area (Å²) in [5.41, 5.74) is 5.64. The first-order valence-corrected chi connectivity index (χ1v) is 9.61. The molecule has 2 heteroatoms. The first kappa shape index (κ1) is 18.0. The minimum absolute atomic E-state index is 0.456. The first-order chi connectivity index (χ1) is 12.1. The van der Waals surface area contributed by atoms with Crippen molar-refractivity contribution in [3.05, 3.63) is 64.7 Å². The summed E-state index contributed by atoms with van der Waals surface area (Å²) >= 11 is 0. The van der Waals surface area contributed by atoms with E-state index in [0.717, 1.165) is 25.1 Å². The van der Waals surface area contributed by atoms with Gasteiger partial charge in [0.05, 0.1) is 7.11 Å². The van der Waals surface area contributed by atoms with Crippen LogP contribution in [0.5, 0.6) is 5.75 Å². The number of nitrogens with zero attached hydrogens (tertiary/aromatic N) is 1.